The first-order valence-corrected chi connectivity index (χ1v) is 9.93. The van der Waals surface area contributed by atoms with Gasteiger partial charge in [-0.25, -0.2) is 9.37 Å². The monoisotopic (exact) mass is 426 g/mol. The van der Waals surface area contributed by atoms with E-state index in [1.807, 2.05) is 19.1 Å². The van der Waals surface area contributed by atoms with E-state index in [2.05, 4.69) is 4.98 Å². The summed E-state index contributed by atoms with van der Waals surface area (Å²) in [4.78, 5) is 18.2. The van der Waals surface area contributed by atoms with Crippen molar-refractivity contribution < 1.29 is 23.0 Å². The van der Waals surface area contributed by atoms with Crippen LogP contribution in [-0.4, -0.2) is 24.2 Å². The highest BCUT2D eigenvalue weighted by Crippen LogP contribution is 2.33. The van der Waals surface area contributed by atoms with Crippen molar-refractivity contribution in [1.82, 2.24) is 4.98 Å². The van der Waals surface area contributed by atoms with Crippen LogP contribution in [0.2, 0.25) is 0 Å². The Morgan fingerprint density at radius 1 is 1.10 bits per heavy atom. The van der Waals surface area contributed by atoms with Crippen LogP contribution in [0.4, 0.5) is 14.5 Å². The zero-order valence-electron chi connectivity index (χ0n) is 17.5. The number of aromatic nitrogens is 1. The fourth-order valence-corrected chi connectivity index (χ4v) is 3.04. The van der Waals surface area contributed by atoms with Crippen LogP contribution in [-0.2, 0) is 11.3 Å². The van der Waals surface area contributed by atoms with E-state index < -0.39 is 12.5 Å². The Kier molecular flexibility index (Phi) is 7.54. The molecule has 1 amide bonds. The molecule has 31 heavy (non-hydrogen) atoms. The summed E-state index contributed by atoms with van der Waals surface area (Å²) in [6.07, 6.45) is 1.79. The summed E-state index contributed by atoms with van der Waals surface area (Å²) in [6.45, 7) is 3.32. The third-order valence-corrected chi connectivity index (χ3v) is 4.55. The first-order chi connectivity index (χ1) is 15.0. The van der Waals surface area contributed by atoms with Crippen molar-refractivity contribution in [2.45, 2.75) is 26.8 Å². The Bertz CT molecular complexity index is 1040. The molecular formula is C24H24F2N2O3. The first kappa shape index (κ1) is 22.2. The van der Waals surface area contributed by atoms with Gasteiger partial charge in [0.1, 0.15) is 11.4 Å². The molecule has 0 radical (unpaired) electrons. The second-order valence-electron chi connectivity index (χ2n) is 6.97. The lowest BCUT2D eigenvalue weighted by Crippen LogP contribution is -2.28. The highest BCUT2D eigenvalue weighted by Gasteiger charge is 2.21. The number of para-hydroxylation sites is 1. The van der Waals surface area contributed by atoms with E-state index in [-0.39, 0.29) is 37.1 Å². The van der Waals surface area contributed by atoms with E-state index in [4.69, 9.17) is 9.47 Å². The standard InChI is InChI=1S/C24H24F2N2O3/c1-17-10-11-22(30-14-6-12-25)19(15-17)16-28(18(2)29)21-8-5-13-27-24(21)31-23-9-4-3-7-20(23)26/h3-5,7-11,13,15H,6,12,14,16H2,1-2H3. The molecule has 0 spiro atoms. The van der Waals surface area contributed by atoms with E-state index in [0.29, 0.717) is 11.4 Å². The molecule has 0 fully saturated rings. The summed E-state index contributed by atoms with van der Waals surface area (Å²) >= 11 is 0. The number of anilines is 1. The predicted octanol–water partition coefficient (Wildman–Crippen LogP) is 5.61. The number of aryl methyl sites for hydroxylation is 1. The van der Waals surface area contributed by atoms with Crippen LogP contribution in [0.1, 0.15) is 24.5 Å². The number of amides is 1. The summed E-state index contributed by atoms with van der Waals surface area (Å²) in [5.41, 5.74) is 2.15. The van der Waals surface area contributed by atoms with Crippen molar-refractivity contribution in [3.63, 3.8) is 0 Å². The fraction of sp³-hybridized carbons (Fsp3) is 0.250. The number of carbonyl (C=O) groups is 1. The van der Waals surface area contributed by atoms with Gasteiger partial charge in [-0.05, 0) is 37.3 Å². The summed E-state index contributed by atoms with van der Waals surface area (Å²) in [7, 11) is 0. The van der Waals surface area contributed by atoms with E-state index in [1.54, 1.807) is 30.3 Å². The Labute approximate surface area is 180 Å². The molecule has 0 N–H and O–H groups in total. The number of ether oxygens (including phenoxy) is 2. The van der Waals surface area contributed by atoms with Crippen LogP contribution in [0, 0.1) is 12.7 Å². The van der Waals surface area contributed by atoms with Crippen molar-refractivity contribution in [3.8, 4) is 17.4 Å². The van der Waals surface area contributed by atoms with E-state index in [1.165, 1.54) is 30.2 Å². The number of nitrogens with zero attached hydrogens (tertiary/aromatic N) is 2. The average Bonchev–Trinajstić information content (AvgIpc) is 2.75. The topological polar surface area (TPSA) is 51.7 Å². The maximum absolute atomic E-state index is 14.1. The zero-order valence-corrected chi connectivity index (χ0v) is 17.5. The molecule has 0 aliphatic rings. The van der Waals surface area contributed by atoms with Gasteiger partial charge in [0.2, 0.25) is 11.8 Å². The zero-order chi connectivity index (χ0) is 22.2. The minimum Gasteiger partial charge on any atom is -0.493 e. The molecule has 7 heteroatoms. The number of hydrogen-bond acceptors (Lipinski definition) is 4. The minimum absolute atomic E-state index is 0.0109. The van der Waals surface area contributed by atoms with Crippen molar-refractivity contribution in [1.29, 1.82) is 0 Å². The number of alkyl halides is 1. The van der Waals surface area contributed by atoms with Crippen LogP contribution in [0.3, 0.4) is 0 Å². The number of rotatable bonds is 9. The molecule has 0 saturated carbocycles. The van der Waals surface area contributed by atoms with Crippen LogP contribution in [0.15, 0.2) is 60.8 Å². The Morgan fingerprint density at radius 2 is 1.90 bits per heavy atom. The molecular weight excluding hydrogens is 402 g/mol. The molecule has 0 aliphatic carbocycles. The number of benzene rings is 2. The van der Waals surface area contributed by atoms with Crippen molar-refractivity contribution in [2.75, 3.05) is 18.2 Å². The van der Waals surface area contributed by atoms with E-state index >= 15 is 0 Å². The molecule has 0 atom stereocenters. The molecule has 0 aliphatic heterocycles. The maximum Gasteiger partial charge on any atom is 0.243 e. The Balaban J connectivity index is 1.93. The second kappa shape index (κ2) is 10.5. The Morgan fingerprint density at radius 3 is 2.65 bits per heavy atom. The molecule has 0 unspecified atom stereocenters. The van der Waals surface area contributed by atoms with Gasteiger partial charge in [-0.1, -0.05) is 29.8 Å². The molecule has 3 aromatic rings. The van der Waals surface area contributed by atoms with Gasteiger partial charge in [0.05, 0.1) is 19.8 Å². The molecule has 0 saturated heterocycles. The smallest absolute Gasteiger partial charge is 0.243 e. The molecule has 1 aromatic heterocycles. The number of carbonyl (C=O) groups excluding carboxylic acids is 1. The molecule has 5 nitrogen and oxygen atoms in total. The quantitative estimate of drug-likeness (QED) is 0.417. The molecule has 2 aromatic carbocycles. The largest absolute Gasteiger partial charge is 0.493 e. The number of pyridine rings is 1. The number of halogens is 2. The van der Waals surface area contributed by atoms with Crippen LogP contribution < -0.4 is 14.4 Å². The summed E-state index contributed by atoms with van der Waals surface area (Å²) in [5, 5.41) is 0. The van der Waals surface area contributed by atoms with Crippen molar-refractivity contribution >= 4 is 11.6 Å². The average molecular weight is 426 g/mol. The molecule has 0 bridgehead atoms. The van der Waals surface area contributed by atoms with Crippen LogP contribution in [0.5, 0.6) is 17.4 Å². The summed E-state index contributed by atoms with van der Waals surface area (Å²) in [5.74, 6) is -0.0869. The SMILES string of the molecule is CC(=O)N(Cc1cc(C)ccc1OCCCF)c1cccnc1Oc1ccccc1F. The van der Waals surface area contributed by atoms with E-state index in [0.717, 1.165) is 11.1 Å². The van der Waals surface area contributed by atoms with Gasteiger partial charge in [0, 0.05) is 25.1 Å². The lowest BCUT2D eigenvalue weighted by atomic mass is 10.1. The molecule has 3 rings (SSSR count). The van der Waals surface area contributed by atoms with Gasteiger partial charge in [-0.3, -0.25) is 9.18 Å². The van der Waals surface area contributed by atoms with Gasteiger partial charge in [0.15, 0.2) is 11.6 Å². The predicted molar refractivity (Wildman–Crippen MR) is 115 cm³/mol. The number of hydrogen-bond donors (Lipinski definition) is 0. The highest BCUT2D eigenvalue weighted by molar-refractivity contribution is 5.92. The molecule has 1 heterocycles. The van der Waals surface area contributed by atoms with Gasteiger partial charge in [-0.15, -0.1) is 0 Å². The third kappa shape index (κ3) is 5.78. The highest BCUT2D eigenvalue weighted by atomic mass is 19.1. The van der Waals surface area contributed by atoms with Gasteiger partial charge >= 0.3 is 0 Å². The van der Waals surface area contributed by atoms with Crippen molar-refractivity contribution in [2.24, 2.45) is 0 Å². The first-order valence-electron chi connectivity index (χ1n) is 9.93. The van der Waals surface area contributed by atoms with Crippen molar-refractivity contribution in [3.05, 3.63) is 77.7 Å². The lowest BCUT2D eigenvalue weighted by molar-refractivity contribution is -0.116. The normalized spacial score (nSPS) is 10.6. The Hall–Kier alpha value is -3.48. The van der Waals surface area contributed by atoms with E-state index in [9.17, 15) is 13.6 Å². The fourth-order valence-electron chi connectivity index (χ4n) is 3.04. The van der Waals surface area contributed by atoms with Crippen LogP contribution in [0.25, 0.3) is 0 Å². The maximum atomic E-state index is 14.1. The van der Waals surface area contributed by atoms with Crippen LogP contribution >= 0.6 is 0 Å². The second-order valence-corrected chi connectivity index (χ2v) is 6.97. The molecule has 162 valence electrons. The van der Waals surface area contributed by atoms with Gasteiger partial charge in [-0.2, -0.15) is 0 Å². The summed E-state index contributed by atoms with van der Waals surface area (Å²) < 4.78 is 38.0. The lowest BCUT2D eigenvalue weighted by Gasteiger charge is -2.24. The minimum atomic E-state index is -0.532. The third-order valence-electron chi connectivity index (χ3n) is 4.55. The van der Waals surface area contributed by atoms with Gasteiger partial charge in [0.25, 0.3) is 0 Å². The van der Waals surface area contributed by atoms with Gasteiger partial charge < -0.3 is 14.4 Å². The summed E-state index contributed by atoms with van der Waals surface area (Å²) in [6, 6.07) is 15.0.